The largest absolute Gasteiger partial charge is 0.506 e. The maximum atomic E-state index is 14.0. The van der Waals surface area contributed by atoms with Gasteiger partial charge in [-0.2, -0.15) is 0 Å². The quantitative estimate of drug-likeness (QED) is 0.866. The number of carbonyl (C=O) groups is 1. The Morgan fingerprint density at radius 3 is 2.57 bits per heavy atom. The van der Waals surface area contributed by atoms with Crippen molar-refractivity contribution < 1.29 is 18.7 Å². The van der Waals surface area contributed by atoms with Crippen LogP contribution in [0, 0.1) is 11.6 Å². The molecule has 106 valence electrons. The van der Waals surface area contributed by atoms with Gasteiger partial charge in [-0.05, 0) is 24.3 Å². The number of carbonyl (C=O) groups excluding carboxylic acids is 1. The summed E-state index contributed by atoms with van der Waals surface area (Å²) in [5.41, 5.74) is 0.447. The van der Waals surface area contributed by atoms with Gasteiger partial charge in [0.2, 0.25) is 0 Å². The first-order valence-electron chi connectivity index (χ1n) is 5.91. The van der Waals surface area contributed by atoms with Crippen LogP contribution in [0.25, 0.3) is 5.70 Å². The zero-order valence-electron chi connectivity index (χ0n) is 10.5. The number of amides is 1. The number of nitrogens with zero attached hydrogens (tertiary/aromatic N) is 1. The molecule has 0 radical (unpaired) electrons. The summed E-state index contributed by atoms with van der Waals surface area (Å²) in [6.07, 6.45) is 0. The molecule has 0 fully saturated rings. The summed E-state index contributed by atoms with van der Waals surface area (Å²) in [7, 11) is 0. The number of benzene rings is 2. The average molecular weight is 308 g/mol. The molecule has 1 heterocycles. The van der Waals surface area contributed by atoms with Crippen LogP contribution in [0.5, 0.6) is 5.75 Å². The summed E-state index contributed by atoms with van der Waals surface area (Å²) in [5, 5.41) is 9.42. The maximum Gasteiger partial charge on any atom is 0.263 e. The number of fused-ring (bicyclic) bond motifs is 1. The van der Waals surface area contributed by atoms with Crippen molar-refractivity contribution in [3.8, 4) is 5.75 Å². The molecule has 3 rings (SSSR count). The molecule has 2 aromatic carbocycles. The second-order valence-electron chi connectivity index (χ2n) is 4.53. The van der Waals surface area contributed by atoms with Gasteiger partial charge in [-0.15, -0.1) is 0 Å². The highest BCUT2D eigenvalue weighted by atomic mass is 35.5. The van der Waals surface area contributed by atoms with Gasteiger partial charge < -0.3 is 5.11 Å². The third-order valence-corrected chi connectivity index (χ3v) is 3.56. The van der Waals surface area contributed by atoms with E-state index in [2.05, 4.69) is 6.58 Å². The van der Waals surface area contributed by atoms with Crippen LogP contribution in [0.15, 0.2) is 36.9 Å². The molecule has 1 amide bonds. The Bertz CT molecular complexity index is 805. The van der Waals surface area contributed by atoms with Crippen molar-refractivity contribution in [3.05, 3.63) is 64.7 Å². The molecule has 0 saturated heterocycles. The smallest absolute Gasteiger partial charge is 0.263 e. The molecule has 1 aliphatic rings. The molecular formula is C15H8ClF2NO2. The summed E-state index contributed by atoms with van der Waals surface area (Å²) < 4.78 is 27.3. The molecule has 3 nitrogen and oxygen atoms in total. The number of rotatable bonds is 1. The zero-order chi connectivity index (χ0) is 15.3. The number of phenolic OH excluding ortho intramolecular Hbond substituents is 1. The summed E-state index contributed by atoms with van der Waals surface area (Å²) >= 11 is 5.61. The second kappa shape index (κ2) is 4.56. The van der Waals surface area contributed by atoms with E-state index in [0.717, 1.165) is 29.2 Å². The lowest BCUT2D eigenvalue weighted by atomic mass is 10.1. The monoisotopic (exact) mass is 307 g/mol. The molecule has 0 atom stereocenters. The minimum absolute atomic E-state index is 0.134. The molecule has 0 spiro atoms. The lowest BCUT2D eigenvalue weighted by Crippen LogP contribution is -2.23. The fraction of sp³-hybridized carbons (Fsp3) is 0. The van der Waals surface area contributed by atoms with Crippen molar-refractivity contribution in [1.29, 1.82) is 0 Å². The molecular weight excluding hydrogens is 300 g/mol. The number of phenols is 1. The van der Waals surface area contributed by atoms with Crippen LogP contribution in [-0.4, -0.2) is 11.0 Å². The van der Waals surface area contributed by atoms with Crippen molar-refractivity contribution >= 4 is 28.9 Å². The number of halogens is 3. The summed E-state index contributed by atoms with van der Waals surface area (Å²) in [6, 6.07) is 5.54. The Labute approximate surface area is 123 Å². The predicted octanol–water partition coefficient (Wildman–Crippen LogP) is 3.95. The van der Waals surface area contributed by atoms with E-state index in [9.17, 15) is 18.7 Å². The van der Waals surface area contributed by atoms with Crippen molar-refractivity contribution in [2.45, 2.75) is 0 Å². The number of aromatic hydroxyl groups is 1. The molecule has 1 aliphatic heterocycles. The Morgan fingerprint density at radius 1 is 1.14 bits per heavy atom. The highest BCUT2D eigenvalue weighted by Gasteiger charge is 2.34. The lowest BCUT2D eigenvalue weighted by Gasteiger charge is -2.18. The van der Waals surface area contributed by atoms with Gasteiger partial charge in [0.05, 0.1) is 16.4 Å². The molecule has 1 N–H and O–H groups in total. The summed E-state index contributed by atoms with van der Waals surface area (Å²) in [6.45, 7) is 3.70. The minimum Gasteiger partial charge on any atom is -0.506 e. The Morgan fingerprint density at radius 2 is 1.86 bits per heavy atom. The fourth-order valence-electron chi connectivity index (χ4n) is 2.26. The van der Waals surface area contributed by atoms with Gasteiger partial charge in [-0.1, -0.05) is 18.2 Å². The zero-order valence-corrected chi connectivity index (χ0v) is 11.3. The first-order valence-corrected chi connectivity index (χ1v) is 6.29. The molecule has 0 aliphatic carbocycles. The third-order valence-electron chi connectivity index (χ3n) is 3.25. The van der Waals surface area contributed by atoms with Gasteiger partial charge in [0.25, 0.3) is 5.91 Å². The summed E-state index contributed by atoms with van der Waals surface area (Å²) in [4.78, 5) is 13.3. The highest BCUT2D eigenvalue weighted by Crippen LogP contribution is 2.40. The van der Waals surface area contributed by atoms with Crippen molar-refractivity contribution in [2.24, 2.45) is 0 Å². The number of hydrogen-bond donors (Lipinski definition) is 1. The fourth-order valence-corrected chi connectivity index (χ4v) is 2.41. The highest BCUT2D eigenvalue weighted by molar-refractivity contribution is 6.32. The average Bonchev–Trinajstić information content (AvgIpc) is 2.66. The van der Waals surface area contributed by atoms with Crippen LogP contribution in [0.1, 0.15) is 15.9 Å². The van der Waals surface area contributed by atoms with Gasteiger partial charge in [-0.25, -0.2) is 8.78 Å². The molecule has 2 aromatic rings. The predicted molar refractivity (Wildman–Crippen MR) is 75.3 cm³/mol. The SMILES string of the molecule is C=C1c2cc(F)ccc2C(=O)N1c1cc(O)c(Cl)cc1F. The van der Waals surface area contributed by atoms with Crippen LogP contribution < -0.4 is 4.90 Å². The lowest BCUT2D eigenvalue weighted by molar-refractivity contribution is 0.100. The Hall–Kier alpha value is -2.40. The third kappa shape index (κ3) is 1.97. The Balaban J connectivity index is 2.16. The van der Waals surface area contributed by atoms with E-state index in [1.807, 2.05) is 0 Å². The van der Waals surface area contributed by atoms with E-state index in [1.54, 1.807) is 0 Å². The van der Waals surface area contributed by atoms with Crippen LogP contribution >= 0.6 is 11.6 Å². The van der Waals surface area contributed by atoms with E-state index in [0.29, 0.717) is 0 Å². The van der Waals surface area contributed by atoms with E-state index < -0.39 is 17.5 Å². The molecule has 0 saturated carbocycles. The van der Waals surface area contributed by atoms with E-state index >= 15 is 0 Å². The first-order chi connectivity index (χ1) is 9.90. The molecule has 0 bridgehead atoms. The first kappa shape index (κ1) is 13.6. The van der Waals surface area contributed by atoms with Crippen LogP contribution in [-0.2, 0) is 0 Å². The summed E-state index contributed by atoms with van der Waals surface area (Å²) in [5.74, 6) is -2.23. The minimum atomic E-state index is -0.791. The normalized spacial score (nSPS) is 13.8. The Kier molecular flexibility index (Phi) is 2.95. The van der Waals surface area contributed by atoms with Crippen molar-refractivity contribution in [1.82, 2.24) is 0 Å². The standard InChI is InChI=1S/C15H8ClF2NO2/c1-7-10-4-8(17)2-3-9(10)15(21)19(7)13-6-14(20)11(16)5-12(13)18/h2-6,20H,1H2. The van der Waals surface area contributed by atoms with Crippen molar-refractivity contribution in [3.63, 3.8) is 0 Å². The topological polar surface area (TPSA) is 40.5 Å². The molecule has 0 unspecified atom stereocenters. The van der Waals surface area contributed by atoms with Crippen molar-refractivity contribution in [2.75, 3.05) is 4.90 Å². The van der Waals surface area contributed by atoms with Gasteiger partial charge in [0.1, 0.15) is 17.4 Å². The molecule has 6 heteroatoms. The molecule has 0 aromatic heterocycles. The van der Waals surface area contributed by atoms with Gasteiger partial charge in [0.15, 0.2) is 0 Å². The van der Waals surface area contributed by atoms with Gasteiger partial charge in [0, 0.05) is 17.2 Å². The number of anilines is 1. The van der Waals surface area contributed by atoms with Gasteiger partial charge in [-0.3, -0.25) is 9.69 Å². The number of hydrogen-bond acceptors (Lipinski definition) is 2. The van der Waals surface area contributed by atoms with Crippen LogP contribution in [0.2, 0.25) is 5.02 Å². The van der Waals surface area contributed by atoms with Crippen LogP contribution in [0.3, 0.4) is 0 Å². The molecule has 21 heavy (non-hydrogen) atoms. The van der Waals surface area contributed by atoms with E-state index in [-0.39, 0.29) is 33.3 Å². The second-order valence-corrected chi connectivity index (χ2v) is 4.94. The van der Waals surface area contributed by atoms with Crippen LogP contribution in [0.4, 0.5) is 14.5 Å². The maximum absolute atomic E-state index is 14.0. The van der Waals surface area contributed by atoms with E-state index in [1.165, 1.54) is 6.07 Å². The van der Waals surface area contributed by atoms with E-state index in [4.69, 9.17) is 11.6 Å². The van der Waals surface area contributed by atoms with Gasteiger partial charge >= 0.3 is 0 Å².